The molecule has 0 bridgehead atoms. The van der Waals surface area contributed by atoms with Crippen molar-refractivity contribution in [3.05, 3.63) is 46.8 Å². The highest BCUT2D eigenvalue weighted by atomic mass is 16.5. The second-order valence-corrected chi connectivity index (χ2v) is 16.4. The quantitative estimate of drug-likeness (QED) is 0.112. The maximum absolute atomic E-state index is 13.6. The lowest BCUT2D eigenvalue weighted by molar-refractivity contribution is -0.124. The molecule has 7 N–H and O–H groups in total. The van der Waals surface area contributed by atoms with Gasteiger partial charge >= 0.3 is 0 Å². The van der Waals surface area contributed by atoms with E-state index in [1.54, 1.807) is 6.07 Å². The lowest BCUT2D eigenvalue weighted by Gasteiger charge is -2.41. The third-order valence-electron chi connectivity index (χ3n) is 12.9. The van der Waals surface area contributed by atoms with Gasteiger partial charge in [-0.05, 0) is 123 Å². The highest BCUT2D eigenvalue weighted by Crippen LogP contribution is 2.48. The van der Waals surface area contributed by atoms with Crippen LogP contribution in [0.3, 0.4) is 0 Å². The van der Waals surface area contributed by atoms with Gasteiger partial charge in [0.05, 0.1) is 25.1 Å². The molecule has 1 aromatic rings. The number of allylic oxidation sites excluding steroid dienone is 2. The highest BCUT2D eigenvalue weighted by Gasteiger charge is 2.38. The number of phenols is 1. The number of hydrogen-bond donors (Lipinski definition) is 6. The minimum Gasteiger partial charge on any atom is -0.504 e. The van der Waals surface area contributed by atoms with Crippen LogP contribution in [-0.2, 0) is 16.0 Å². The maximum Gasteiger partial charge on any atom is 0.160 e. The molecular weight excluding hydrogens is 654 g/mol. The molecule has 1 aromatic carbocycles. The number of aliphatic hydroxyl groups excluding tert-OH is 2. The first-order chi connectivity index (χ1) is 25.1. The van der Waals surface area contributed by atoms with Gasteiger partial charge in [0.25, 0.3) is 0 Å². The van der Waals surface area contributed by atoms with Gasteiger partial charge in [0, 0.05) is 37.8 Å². The Morgan fingerprint density at radius 1 is 1.04 bits per heavy atom. The van der Waals surface area contributed by atoms with Crippen molar-refractivity contribution in [3.8, 4) is 23.3 Å². The van der Waals surface area contributed by atoms with E-state index in [0.717, 1.165) is 69.0 Å². The van der Waals surface area contributed by atoms with Gasteiger partial charge in [-0.2, -0.15) is 0 Å². The van der Waals surface area contributed by atoms with E-state index in [1.807, 2.05) is 12.1 Å². The molecule has 3 aliphatic carbocycles. The van der Waals surface area contributed by atoms with Crippen LogP contribution in [0.5, 0.6) is 11.5 Å². The first kappa shape index (κ1) is 38.4. The smallest absolute Gasteiger partial charge is 0.160 e. The van der Waals surface area contributed by atoms with Crippen LogP contribution in [-0.4, -0.2) is 65.3 Å². The number of carbonyl (C=O) groups excluding carboxylic acids is 2. The molecule has 1 saturated heterocycles. The number of unbranched alkanes of at least 4 members (excludes halogenated alkanes) is 1. The molecule has 5 aliphatic rings. The van der Waals surface area contributed by atoms with Gasteiger partial charge in [-0.1, -0.05) is 50.0 Å². The number of nitrogens with two attached hydrogens (primary N) is 1. The number of ether oxygens (including phenoxy) is 1. The third kappa shape index (κ3) is 9.42. The molecule has 9 heteroatoms. The Balaban J connectivity index is 1.11. The summed E-state index contributed by atoms with van der Waals surface area (Å²) in [6, 6.07) is 3.87. The second kappa shape index (κ2) is 17.7. The van der Waals surface area contributed by atoms with Crippen LogP contribution < -0.4 is 21.1 Å². The van der Waals surface area contributed by atoms with Crippen LogP contribution in [0.15, 0.2) is 35.7 Å². The van der Waals surface area contributed by atoms with Crippen molar-refractivity contribution >= 4 is 11.6 Å². The van der Waals surface area contributed by atoms with E-state index >= 15 is 0 Å². The summed E-state index contributed by atoms with van der Waals surface area (Å²) in [4.78, 5) is 25.5. The number of carbonyl (C=O) groups is 2. The Morgan fingerprint density at radius 3 is 2.65 bits per heavy atom. The van der Waals surface area contributed by atoms with E-state index in [2.05, 4.69) is 28.6 Å². The number of hydrogen-bond acceptors (Lipinski definition) is 9. The number of aryl methyl sites for hydroxylation is 1. The number of fused-ring (bicyclic) bond motifs is 2. The van der Waals surface area contributed by atoms with Crippen molar-refractivity contribution in [1.82, 2.24) is 10.6 Å². The van der Waals surface area contributed by atoms with Gasteiger partial charge in [0.1, 0.15) is 11.7 Å². The van der Waals surface area contributed by atoms with Gasteiger partial charge < -0.3 is 36.4 Å². The molecule has 2 saturated carbocycles. The lowest BCUT2D eigenvalue weighted by atomic mass is 9.65. The zero-order chi connectivity index (χ0) is 36.7. The van der Waals surface area contributed by atoms with Crippen LogP contribution in [0, 0.1) is 35.0 Å². The average Bonchev–Trinajstić information content (AvgIpc) is 3.20. The van der Waals surface area contributed by atoms with Crippen molar-refractivity contribution in [1.29, 1.82) is 0 Å². The van der Waals surface area contributed by atoms with E-state index in [9.17, 15) is 24.9 Å². The molecule has 7 atom stereocenters. The number of phenolic OH excluding ortho intramolecular Hbond substituents is 1. The third-order valence-corrected chi connectivity index (χ3v) is 12.9. The molecule has 0 amide bonds. The fourth-order valence-electron chi connectivity index (χ4n) is 9.89. The van der Waals surface area contributed by atoms with E-state index < -0.39 is 18.1 Å². The van der Waals surface area contributed by atoms with Crippen molar-refractivity contribution in [3.63, 3.8) is 0 Å². The fourth-order valence-corrected chi connectivity index (χ4v) is 9.89. The van der Waals surface area contributed by atoms with Crippen LogP contribution in [0.1, 0.15) is 126 Å². The molecule has 6 rings (SSSR count). The van der Waals surface area contributed by atoms with Crippen molar-refractivity contribution in [2.75, 3.05) is 20.2 Å². The molecule has 0 aromatic heterocycles. The maximum atomic E-state index is 13.6. The summed E-state index contributed by atoms with van der Waals surface area (Å²) in [5, 5.41) is 40.6. The summed E-state index contributed by atoms with van der Waals surface area (Å²) in [5.74, 6) is 8.06. The highest BCUT2D eigenvalue weighted by molar-refractivity contribution is 5.85. The normalized spacial score (nSPS) is 28.6. The Morgan fingerprint density at radius 2 is 1.87 bits per heavy atom. The fraction of sp³-hybridized carbons (Fsp3) is 0.674. The van der Waals surface area contributed by atoms with Gasteiger partial charge in [0.2, 0.25) is 0 Å². The zero-order valence-electron chi connectivity index (χ0n) is 31.1. The molecule has 3 fully saturated rings. The Kier molecular flexibility index (Phi) is 13.1. The van der Waals surface area contributed by atoms with E-state index in [1.165, 1.54) is 25.5 Å². The van der Waals surface area contributed by atoms with Gasteiger partial charge in [-0.3, -0.25) is 9.59 Å². The molecule has 9 nitrogen and oxygen atoms in total. The molecule has 52 heavy (non-hydrogen) atoms. The van der Waals surface area contributed by atoms with Crippen LogP contribution in [0.4, 0.5) is 0 Å². The summed E-state index contributed by atoms with van der Waals surface area (Å²) >= 11 is 0. The Labute approximate surface area is 310 Å². The number of Topliss-reactive ketones (excluding diaryl/α,β-unsaturated/α-hetero) is 2. The van der Waals surface area contributed by atoms with E-state index in [0.29, 0.717) is 86.7 Å². The standard InChI is InChI=1S/C43H61N3O6/c1-52-41-22-30-12-16-39(50)35(38(49)8-4-3-7-28-21-31-10-13-33(47)24-37(31)46-27-28)15-11-29(36(30)25-40(41)51)9-14-34(48)26-43(18-5-2-6-19-43)32-17-20-45-42(44)23-32/h17,22-23,25,28-29,31,34-35,37-38,45-46,48-49,51H,2-10,12-14,16,18-21,24,26-27,44H2,1H3/t28-,29+,31+,34-,35+,37+,38+/m0/s1. The number of dihydropyridines is 1. The SMILES string of the molecule is COc1cc2c(cc1O)[C@H](CC[C@H](O)CC1(C3=CCNC(N)=C3)CCCCC1)C#C[C@H]([C@H](O)CCCC[C@@H]1CN[C@@H]3CC(=O)CC[C@@H]3C1)C(=O)CC2. The van der Waals surface area contributed by atoms with Crippen LogP contribution >= 0.6 is 0 Å². The van der Waals surface area contributed by atoms with Gasteiger partial charge in [0.15, 0.2) is 17.3 Å². The van der Waals surface area contributed by atoms with Gasteiger partial charge in [-0.25, -0.2) is 0 Å². The largest absolute Gasteiger partial charge is 0.504 e. The van der Waals surface area contributed by atoms with Crippen LogP contribution in [0.25, 0.3) is 0 Å². The predicted octanol–water partition coefficient (Wildman–Crippen LogP) is 5.70. The molecule has 2 heterocycles. The first-order valence-corrected chi connectivity index (χ1v) is 20.1. The summed E-state index contributed by atoms with van der Waals surface area (Å²) in [7, 11) is 1.52. The molecule has 284 valence electrons. The topological polar surface area (TPSA) is 154 Å². The Bertz CT molecular complexity index is 1550. The van der Waals surface area contributed by atoms with Crippen molar-refractivity contribution in [2.45, 2.75) is 140 Å². The number of piperidine rings is 1. The summed E-state index contributed by atoms with van der Waals surface area (Å²) in [6.45, 7) is 1.65. The lowest BCUT2D eigenvalue weighted by Crippen LogP contribution is -2.48. The minimum absolute atomic E-state index is 0.0276. The number of ketones is 2. The number of methoxy groups -OCH3 is 1. The molecule has 0 radical (unpaired) electrons. The molecule has 2 aliphatic heterocycles. The molecular formula is C43H61N3O6. The number of aliphatic hydroxyl groups is 2. The number of aromatic hydroxyl groups is 1. The zero-order valence-corrected chi connectivity index (χ0v) is 31.1. The molecule has 0 spiro atoms. The second-order valence-electron chi connectivity index (χ2n) is 16.4. The van der Waals surface area contributed by atoms with E-state index in [-0.39, 0.29) is 29.3 Å². The number of rotatable bonds is 13. The van der Waals surface area contributed by atoms with Crippen molar-refractivity contribution < 1.29 is 29.6 Å². The summed E-state index contributed by atoms with van der Waals surface area (Å²) in [6.07, 6.45) is 17.8. The van der Waals surface area contributed by atoms with E-state index in [4.69, 9.17) is 10.5 Å². The summed E-state index contributed by atoms with van der Waals surface area (Å²) in [5.41, 5.74) is 9.06. The number of nitrogens with one attached hydrogen (secondary N) is 2. The summed E-state index contributed by atoms with van der Waals surface area (Å²) < 4.78 is 5.43. The van der Waals surface area contributed by atoms with Crippen LogP contribution in [0.2, 0.25) is 0 Å². The van der Waals surface area contributed by atoms with Gasteiger partial charge in [-0.15, -0.1) is 0 Å². The van der Waals surface area contributed by atoms with Crippen molar-refractivity contribution in [2.24, 2.45) is 28.9 Å². The average molecular weight is 716 g/mol. The number of benzene rings is 1. The Hall–Kier alpha value is -3.32. The molecule has 0 unspecified atom stereocenters. The monoisotopic (exact) mass is 715 g/mol. The first-order valence-electron chi connectivity index (χ1n) is 20.1. The minimum atomic E-state index is -0.849. The predicted molar refractivity (Wildman–Crippen MR) is 202 cm³/mol.